The molecule has 4 aromatic heterocycles. The Bertz CT molecular complexity index is 3740. The lowest BCUT2D eigenvalue weighted by atomic mass is 9.87. The molecule has 0 spiro atoms. The second-order valence-electron chi connectivity index (χ2n) is 19.9. The number of hydrogen-bond donors (Lipinski definition) is 2. The molecule has 0 amide bonds. The van der Waals surface area contributed by atoms with E-state index in [1.807, 2.05) is 41.5 Å². The molecule has 76 heavy (non-hydrogen) atoms. The first-order valence-electron chi connectivity index (χ1n) is 23.2. The van der Waals surface area contributed by atoms with Crippen LogP contribution in [-0.4, -0.2) is 67.2 Å². The van der Waals surface area contributed by atoms with Gasteiger partial charge in [0.15, 0.2) is 5.82 Å². The first-order chi connectivity index (χ1) is 35.5. The molecule has 2 aliphatic rings. The largest absolute Gasteiger partial charge is 0.433 e. The van der Waals surface area contributed by atoms with Gasteiger partial charge in [0.2, 0.25) is 5.82 Å². The van der Waals surface area contributed by atoms with Crippen LogP contribution in [-0.2, 0) is 70.4 Å². The molecular weight excluding hydrogens is 1040 g/mol. The van der Waals surface area contributed by atoms with Gasteiger partial charge in [-0.1, -0.05) is 77.9 Å². The summed E-state index contributed by atoms with van der Waals surface area (Å²) in [5, 5.41) is 29.3. The molecule has 2 N–H and O–H groups in total. The second-order valence-corrected chi connectivity index (χ2v) is 23.6. The minimum absolute atomic E-state index is 0.0443. The van der Waals surface area contributed by atoms with Crippen molar-refractivity contribution in [2.75, 3.05) is 19.2 Å². The minimum Gasteiger partial charge on any atom is -0.338 e. The van der Waals surface area contributed by atoms with Crippen molar-refractivity contribution in [1.82, 2.24) is 50.4 Å². The monoisotopic (exact) mass is 1090 g/mol. The standard InChI is InChI=1S/2C25H24F3N7O2S/c1-24(2,3)17-7-9-18(10-8-17)38(36,37)35-14-16-6-12-21(25(26,27)28)30-22(16)29-19-11-5-15(13-20(19)35)23-31-32-33-34(23)4;1-24(2,3)17-7-9-18(10-8-17)38(36,37)35-14-16-6-12-21(25(26,27)28)30-22(16)29-19-11-5-15(13-20(19)35)23-31-33-34(4)32-23/h2*5-13H,14H2,1-4H3,(H,29,30). The molecule has 0 atom stereocenters. The Hall–Kier alpha value is -8.00. The Morgan fingerprint density at radius 2 is 0.961 bits per heavy atom. The number of tetrazole rings is 2. The van der Waals surface area contributed by atoms with Crippen LogP contribution in [0.2, 0.25) is 0 Å². The van der Waals surface area contributed by atoms with Crippen LogP contribution in [0.5, 0.6) is 0 Å². The third kappa shape index (κ3) is 10.5. The minimum atomic E-state index is -4.66. The molecule has 0 saturated heterocycles. The highest BCUT2D eigenvalue weighted by atomic mass is 32.2. The zero-order valence-electron chi connectivity index (χ0n) is 41.9. The topological polar surface area (TPSA) is 212 Å². The maximum atomic E-state index is 14.0. The molecule has 0 radical (unpaired) electrons. The lowest BCUT2D eigenvalue weighted by Gasteiger charge is -2.25. The lowest BCUT2D eigenvalue weighted by Crippen LogP contribution is -2.30. The molecule has 0 unspecified atom stereocenters. The zero-order chi connectivity index (χ0) is 54.9. The molecule has 0 fully saturated rings. The van der Waals surface area contributed by atoms with Crippen LogP contribution in [0.15, 0.2) is 119 Å². The molecule has 10 rings (SSSR count). The van der Waals surface area contributed by atoms with Crippen molar-refractivity contribution in [1.29, 1.82) is 0 Å². The Morgan fingerprint density at radius 1 is 0.526 bits per heavy atom. The fraction of sp³-hybridized carbons (Fsp3) is 0.280. The van der Waals surface area contributed by atoms with Gasteiger partial charge in [-0.25, -0.2) is 31.5 Å². The van der Waals surface area contributed by atoms with E-state index in [9.17, 15) is 43.2 Å². The Kier molecular flexibility index (Phi) is 13.2. The van der Waals surface area contributed by atoms with E-state index in [0.29, 0.717) is 17.0 Å². The quantitative estimate of drug-likeness (QED) is 0.148. The summed E-state index contributed by atoms with van der Waals surface area (Å²) in [6, 6.07) is 26.9. The average molecular weight is 1090 g/mol. The summed E-state index contributed by atoms with van der Waals surface area (Å²) >= 11 is 0. The average Bonchev–Trinajstić information content (AvgIpc) is 3.92. The van der Waals surface area contributed by atoms with Crippen molar-refractivity contribution >= 4 is 54.4 Å². The van der Waals surface area contributed by atoms with Gasteiger partial charge in [-0.2, -0.15) is 31.1 Å². The van der Waals surface area contributed by atoms with E-state index in [1.165, 1.54) is 45.9 Å². The number of pyridine rings is 2. The fourth-order valence-corrected chi connectivity index (χ4v) is 11.2. The highest BCUT2D eigenvalue weighted by Crippen LogP contribution is 2.44. The van der Waals surface area contributed by atoms with Gasteiger partial charge in [0.25, 0.3) is 20.0 Å². The summed E-state index contributed by atoms with van der Waals surface area (Å²) < 4.78 is 140. The molecule has 0 aliphatic carbocycles. The molecule has 0 bridgehead atoms. The van der Waals surface area contributed by atoms with Gasteiger partial charge in [-0.15, -0.1) is 15.3 Å². The number of rotatable bonds is 6. The maximum absolute atomic E-state index is 14.0. The number of hydrogen-bond acceptors (Lipinski definition) is 14. The summed E-state index contributed by atoms with van der Waals surface area (Å²) in [7, 11) is -5.07. The molecule has 6 heterocycles. The number of nitrogens with zero attached hydrogens (tertiary/aromatic N) is 12. The molecule has 4 aromatic carbocycles. The van der Waals surface area contributed by atoms with Crippen LogP contribution >= 0.6 is 0 Å². The van der Waals surface area contributed by atoms with Gasteiger partial charge < -0.3 is 10.6 Å². The van der Waals surface area contributed by atoms with Crippen molar-refractivity contribution in [3.8, 4) is 22.8 Å². The van der Waals surface area contributed by atoms with Gasteiger partial charge in [-0.05, 0) is 110 Å². The van der Waals surface area contributed by atoms with Gasteiger partial charge in [0.1, 0.15) is 23.0 Å². The second kappa shape index (κ2) is 19.0. The van der Waals surface area contributed by atoms with Gasteiger partial charge >= 0.3 is 12.4 Å². The third-order valence-electron chi connectivity index (χ3n) is 12.5. The number of halogens is 6. The van der Waals surface area contributed by atoms with Crippen LogP contribution in [0.25, 0.3) is 22.8 Å². The van der Waals surface area contributed by atoms with Crippen molar-refractivity contribution in [2.45, 2.75) is 87.6 Å². The van der Waals surface area contributed by atoms with E-state index in [-0.39, 0.29) is 85.0 Å². The number of aryl methyl sites for hydroxylation is 2. The molecule has 18 nitrogen and oxygen atoms in total. The number of sulfonamides is 2. The Labute approximate surface area is 432 Å². The van der Waals surface area contributed by atoms with Crippen LogP contribution in [0.3, 0.4) is 0 Å². The van der Waals surface area contributed by atoms with E-state index in [4.69, 9.17) is 0 Å². The number of anilines is 6. The van der Waals surface area contributed by atoms with Gasteiger partial charge in [0, 0.05) is 29.3 Å². The SMILES string of the molecule is Cn1nnc(-c2ccc3c(c2)N(S(=O)(=O)c2ccc(C(C)(C)C)cc2)Cc2ccc(C(F)(F)F)nc2N3)n1.Cn1nnnc1-c1ccc2c(c1)N(S(=O)(=O)c1ccc(C(C)(C)C)cc1)Cc1ccc(C(F)(F)F)nc1N2. The maximum Gasteiger partial charge on any atom is 0.433 e. The summed E-state index contributed by atoms with van der Waals surface area (Å²) in [6.45, 7) is 11.6. The van der Waals surface area contributed by atoms with Gasteiger partial charge in [0.05, 0.1) is 52.7 Å². The summed E-state index contributed by atoms with van der Waals surface area (Å²) in [5.41, 5.74) is 1.92. The van der Waals surface area contributed by atoms with E-state index < -0.39 is 43.8 Å². The van der Waals surface area contributed by atoms with Gasteiger partial charge in [-0.3, -0.25) is 8.61 Å². The van der Waals surface area contributed by atoms with Crippen molar-refractivity contribution in [3.05, 3.63) is 143 Å². The molecule has 396 valence electrons. The highest BCUT2D eigenvalue weighted by molar-refractivity contribution is 7.93. The van der Waals surface area contributed by atoms with Crippen LogP contribution in [0.1, 0.15) is 75.2 Å². The number of benzene rings is 4. The lowest BCUT2D eigenvalue weighted by molar-refractivity contribution is -0.141. The number of aromatic nitrogens is 10. The molecule has 0 saturated carbocycles. The molecule has 26 heteroatoms. The van der Waals surface area contributed by atoms with Crippen molar-refractivity contribution < 1.29 is 43.2 Å². The third-order valence-corrected chi connectivity index (χ3v) is 16.0. The fourth-order valence-electron chi connectivity index (χ4n) is 8.27. The van der Waals surface area contributed by atoms with E-state index in [0.717, 1.165) is 31.9 Å². The predicted molar refractivity (Wildman–Crippen MR) is 271 cm³/mol. The van der Waals surface area contributed by atoms with Crippen molar-refractivity contribution in [2.24, 2.45) is 14.1 Å². The van der Waals surface area contributed by atoms with Crippen molar-refractivity contribution in [3.63, 3.8) is 0 Å². The number of fused-ring (bicyclic) bond motifs is 4. The smallest absolute Gasteiger partial charge is 0.338 e. The van der Waals surface area contributed by atoms with E-state index >= 15 is 0 Å². The number of nitrogens with one attached hydrogen (secondary N) is 2. The summed E-state index contributed by atoms with van der Waals surface area (Å²) in [4.78, 5) is 8.88. The van der Waals surface area contributed by atoms with Crippen LogP contribution in [0.4, 0.5) is 60.7 Å². The van der Waals surface area contributed by atoms with E-state index in [2.05, 4.69) is 51.5 Å². The molecule has 8 aromatic rings. The zero-order valence-corrected chi connectivity index (χ0v) is 43.5. The Balaban J connectivity index is 0.000000186. The molecular formula is C50H48F6N14O4S2. The first kappa shape index (κ1) is 52.8. The summed E-state index contributed by atoms with van der Waals surface area (Å²) in [5.74, 6) is 0.502. The Morgan fingerprint density at radius 3 is 1.34 bits per heavy atom. The first-order valence-corrected chi connectivity index (χ1v) is 26.1. The normalized spacial score (nSPS) is 13.9. The number of alkyl halides is 6. The molecule has 2 aliphatic heterocycles. The van der Waals surface area contributed by atoms with Crippen LogP contribution in [0, 0.1) is 0 Å². The summed E-state index contributed by atoms with van der Waals surface area (Å²) in [6.07, 6.45) is -9.32. The predicted octanol–water partition coefficient (Wildman–Crippen LogP) is 10.1. The van der Waals surface area contributed by atoms with Crippen LogP contribution < -0.4 is 19.2 Å². The highest BCUT2D eigenvalue weighted by Gasteiger charge is 2.38. The van der Waals surface area contributed by atoms with E-state index in [1.54, 1.807) is 74.8 Å².